The molecule has 0 saturated heterocycles. The van der Waals surface area contributed by atoms with Gasteiger partial charge in [0.1, 0.15) is 5.76 Å². The molecular weight excluding hydrogens is 458 g/mol. The summed E-state index contributed by atoms with van der Waals surface area (Å²) in [6.07, 6.45) is 1.66. The summed E-state index contributed by atoms with van der Waals surface area (Å²) < 4.78 is 13.6. The molecule has 9 heteroatoms. The van der Waals surface area contributed by atoms with E-state index in [0.717, 1.165) is 33.4 Å². The maximum absolute atomic E-state index is 6.07. The second-order valence-electron chi connectivity index (χ2n) is 7.55. The Morgan fingerprint density at radius 1 is 0.970 bits per heavy atom. The maximum atomic E-state index is 6.07. The van der Waals surface area contributed by atoms with E-state index in [4.69, 9.17) is 20.4 Å². The topological polar surface area (TPSA) is 82.8 Å². The van der Waals surface area contributed by atoms with Crippen molar-refractivity contribution in [1.82, 2.24) is 25.0 Å². The number of halogens is 1. The van der Waals surface area contributed by atoms with Gasteiger partial charge in [0.15, 0.2) is 11.0 Å². The Morgan fingerprint density at radius 3 is 2.58 bits per heavy atom. The van der Waals surface area contributed by atoms with Gasteiger partial charge in [-0.1, -0.05) is 41.1 Å². The molecule has 3 aromatic heterocycles. The molecule has 33 heavy (non-hydrogen) atoms. The van der Waals surface area contributed by atoms with E-state index in [9.17, 15) is 0 Å². The second kappa shape index (κ2) is 9.25. The van der Waals surface area contributed by atoms with Gasteiger partial charge in [-0.05, 0) is 62.4 Å². The predicted molar refractivity (Wildman–Crippen MR) is 127 cm³/mol. The van der Waals surface area contributed by atoms with E-state index in [0.29, 0.717) is 23.3 Å². The second-order valence-corrected chi connectivity index (χ2v) is 9.30. The van der Waals surface area contributed by atoms with Crippen LogP contribution in [0.1, 0.15) is 29.4 Å². The van der Waals surface area contributed by atoms with Crippen LogP contribution in [-0.4, -0.2) is 25.0 Å². The van der Waals surface area contributed by atoms with E-state index in [-0.39, 0.29) is 5.25 Å². The van der Waals surface area contributed by atoms with Crippen LogP contribution in [0.15, 0.2) is 80.9 Å². The van der Waals surface area contributed by atoms with Crippen LogP contribution in [0.2, 0.25) is 5.02 Å². The summed E-state index contributed by atoms with van der Waals surface area (Å²) in [5, 5.41) is 18.7. The molecule has 166 valence electrons. The summed E-state index contributed by atoms with van der Waals surface area (Å²) in [5.74, 6) is 2.56. The van der Waals surface area contributed by atoms with Crippen LogP contribution in [-0.2, 0) is 6.54 Å². The number of benzene rings is 2. The molecular formula is C24H20ClN5O2S. The zero-order valence-electron chi connectivity index (χ0n) is 18.0. The zero-order chi connectivity index (χ0) is 22.8. The van der Waals surface area contributed by atoms with Gasteiger partial charge in [-0.15, -0.1) is 20.4 Å². The van der Waals surface area contributed by atoms with Crippen LogP contribution in [0.25, 0.3) is 22.8 Å². The van der Waals surface area contributed by atoms with Crippen molar-refractivity contribution < 1.29 is 8.83 Å². The summed E-state index contributed by atoms with van der Waals surface area (Å²) in [7, 11) is 0. The summed E-state index contributed by atoms with van der Waals surface area (Å²) in [4.78, 5) is 0. The molecule has 0 aliphatic carbocycles. The SMILES string of the molecule is Cc1cccc(-c2nnc(C(C)Sc3nnc(-c4ccc(Cl)cc4)n3Cc3ccco3)o2)c1. The lowest BCUT2D eigenvalue weighted by Gasteiger charge is -2.11. The number of hydrogen-bond donors (Lipinski definition) is 0. The Balaban J connectivity index is 1.43. The third-order valence-electron chi connectivity index (χ3n) is 5.05. The Labute approximate surface area is 199 Å². The van der Waals surface area contributed by atoms with Crippen molar-refractivity contribution in [3.63, 3.8) is 0 Å². The standard InChI is InChI=1S/C24H20ClN5O2S/c1-15-5-3-6-18(13-15)23-28-27-22(32-23)16(2)33-24-29-26-21(17-8-10-19(25)11-9-17)30(24)14-20-7-4-12-31-20/h3-13,16H,14H2,1-2H3. The van der Waals surface area contributed by atoms with Crippen molar-refractivity contribution in [2.24, 2.45) is 0 Å². The Morgan fingerprint density at radius 2 is 1.82 bits per heavy atom. The highest BCUT2D eigenvalue weighted by Gasteiger charge is 2.22. The lowest BCUT2D eigenvalue weighted by molar-refractivity contribution is 0.484. The minimum absolute atomic E-state index is 0.131. The number of aryl methyl sites for hydroxylation is 1. The first-order valence-electron chi connectivity index (χ1n) is 10.4. The third kappa shape index (κ3) is 4.72. The zero-order valence-corrected chi connectivity index (χ0v) is 19.5. The van der Waals surface area contributed by atoms with Crippen LogP contribution in [0, 0.1) is 6.92 Å². The number of rotatable bonds is 7. The Hall–Kier alpha value is -3.36. The molecule has 3 heterocycles. The van der Waals surface area contributed by atoms with Crippen LogP contribution >= 0.6 is 23.4 Å². The Kier molecular flexibility index (Phi) is 6.02. The number of thioether (sulfide) groups is 1. The van der Waals surface area contributed by atoms with Crippen LogP contribution in [0.4, 0.5) is 0 Å². The highest BCUT2D eigenvalue weighted by molar-refractivity contribution is 7.99. The Bertz CT molecular complexity index is 1360. The average Bonchev–Trinajstić information content (AvgIpc) is 3.57. The molecule has 5 rings (SSSR count). The van der Waals surface area contributed by atoms with Gasteiger partial charge in [0.05, 0.1) is 18.1 Å². The number of hydrogen-bond acceptors (Lipinski definition) is 7. The van der Waals surface area contributed by atoms with Gasteiger partial charge in [-0.3, -0.25) is 4.57 Å². The molecule has 0 radical (unpaired) electrons. The fraction of sp³-hybridized carbons (Fsp3) is 0.167. The first kappa shape index (κ1) is 21.5. The molecule has 0 bridgehead atoms. The van der Waals surface area contributed by atoms with E-state index in [2.05, 4.69) is 20.4 Å². The normalized spacial score (nSPS) is 12.2. The minimum atomic E-state index is -0.131. The van der Waals surface area contributed by atoms with Gasteiger partial charge in [0.2, 0.25) is 11.8 Å². The lowest BCUT2D eigenvalue weighted by Crippen LogP contribution is -2.04. The monoisotopic (exact) mass is 477 g/mol. The number of nitrogens with zero attached hydrogens (tertiary/aromatic N) is 5. The van der Waals surface area contributed by atoms with E-state index in [1.54, 1.807) is 6.26 Å². The minimum Gasteiger partial charge on any atom is -0.467 e. The van der Waals surface area contributed by atoms with Crippen LogP contribution < -0.4 is 0 Å². The smallest absolute Gasteiger partial charge is 0.247 e. The molecule has 2 aromatic carbocycles. The fourth-order valence-electron chi connectivity index (χ4n) is 3.39. The molecule has 0 aliphatic heterocycles. The molecule has 0 aliphatic rings. The van der Waals surface area contributed by atoms with Gasteiger partial charge in [0.25, 0.3) is 0 Å². The number of aromatic nitrogens is 5. The van der Waals surface area contributed by atoms with Gasteiger partial charge in [0, 0.05) is 16.1 Å². The van der Waals surface area contributed by atoms with E-state index in [1.807, 2.05) is 79.1 Å². The largest absolute Gasteiger partial charge is 0.467 e. The molecule has 0 amide bonds. The van der Waals surface area contributed by atoms with E-state index < -0.39 is 0 Å². The van der Waals surface area contributed by atoms with Crippen molar-refractivity contribution in [2.75, 3.05) is 0 Å². The molecule has 0 saturated carbocycles. The molecule has 0 fully saturated rings. The quantitative estimate of drug-likeness (QED) is 0.249. The van der Waals surface area contributed by atoms with Crippen molar-refractivity contribution in [3.05, 3.63) is 89.2 Å². The molecule has 0 spiro atoms. The fourth-order valence-corrected chi connectivity index (χ4v) is 4.40. The van der Waals surface area contributed by atoms with Gasteiger partial charge in [-0.25, -0.2) is 0 Å². The van der Waals surface area contributed by atoms with E-state index >= 15 is 0 Å². The van der Waals surface area contributed by atoms with Crippen molar-refractivity contribution in [3.8, 4) is 22.8 Å². The average molecular weight is 478 g/mol. The maximum Gasteiger partial charge on any atom is 0.247 e. The van der Waals surface area contributed by atoms with Crippen LogP contribution in [0.3, 0.4) is 0 Å². The van der Waals surface area contributed by atoms with E-state index in [1.165, 1.54) is 11.8 Å². The highest BCUT2D eigenvalue weighted by atomic mass is 35.5. The first-order chi connectivity index (χ1) is 16.1. The van der Waals surface area contributed by atoms with Gasteiger partial charge in [-0.2, -0.15) is 0 Å². The summed E-state index contributed by atoms with van der Waals surface area (Å²) >= 11 is 7.57. The lowest BCUT2D eigenvalue weighted by atomic mass is 10.1. The summed E-state index contributed by atoms with van der Waals surface area (Å²) in [6, 6.07) is 19.3. The summed E-state index contributed by atoms with van der Waals surface area (Å²) in [5.41, 5.74) is 2.95. The first-order valence-corrected chi connectivity index (χ1v) is 11.6. The van der Waals surface area contributed by atoms with Crippen molar-refractivity contribution >= 4 is 23.4 Å². The van der Waals surface area contributed by atoms with Gasteiger partial charge >= 0.3 is 0 Å². The molecule has 7 nitrogen and oxygen atoms in total. The molecule has 5 aromatic rings. The number of furan rings is 1. The van der Waals surface area contributed by atoms with Crippen molar-refractivity contribution in [1.29, 1.82) is 0 Å². The molecule has 0 N–H and O–H groups in total. The molecule has 1 unspecified atom stereocenters. The third-order valence-corrected chi connectivity index (χ3v) is 6.37. The van der Waals surface area contributed by atoms with Crippen molar-refractivity contribution in [2.45, 2.75) is 30.8 Å². The predicted octanol–water partition coefficient (Wildman–Crippen LogP) is 6.45. The van der Waals surface area contributed by atoms with Crippen LogP contribution in [0.5, 0.6) is 0 Å². The molecule has 1 atom stereocenters. The summed E-state index contributed by atoms with van der Waals surface area (Å²) in [6.45, 7) is 4.53. The van der Waals surface area contributed by atoms with Gasteiger partial charge < -0.3 is 8.83 Å². The highest BCUT2D eigenvalue weighted by Crippen LogP contribution is 2.36.